The van der Waals surface area contributed by atoms with Crippen LogP contribution in [0, 0.1) is 0 Å². The van der Waals surface area contributed by atoms with Crippen LogP contribution in [0.4, 0.5) is 11.4 Å². The molecule has 32 heavy (non-hydrogen) atoms. The first kappa shape index (κ1) is 23.7. The Morgan fingerprint density at radius 1 is 1.09 bits per heavy atom. The van der Waals surface area contributed by atoms with E-state index in [4.69, 9.17) is 21.1 Å². The van der Waals surface area contributed by atoms with E-state index in [0.717, 1.165) is 11.5 Å². The Bertz CT molecular complexity index is 1040. The predicted molar refractivity (Wildman–Crippen MR) is 128 cm³/mol. The number of hydrogen-bond acceptors (Lipinski definition) is 7. The van der Waals surface area contributed by atoms with Gasteiger partial charge in [0.15, 0.2) is 11.0 Å². The maximum Gasteiger partial charge on any atom is 0.234 e. The minimum absolute atomic E-state index is 0.173. The van der Waals surface area contributed by atoms with E-state index in [1.54, 1.807) is 12.1 Å². The van der Waals surface area contributed by atoms with Crippen molar-refractivity contribution in [2.45, 2.75) is 25.5 Å². The van der Waals surface area contributed by atoms with Crippen molar-refractivity contribution >= 4 is 40.6 Å². The van der Waals surface area contributed by atoms with Crippen LogP contribution < -0.4 is 20.1 Å². The summed E-state index contributed by atoms with van der Waals surface area (Å²) in [4.78, 5) is 12.6. The molecule has 0 aliphatic rings. The third-order valence-corrected chi connectivity index (χ3v) is 5.66. The summed E-state index contributed by atoms with van der Waals surface area (Å²) in [7, 11) is 1.87. The van der Waals surface area contributed by atoms with Crippen molar-refractivity contribution in [2.24, 2.45) is 7.05 Å². The number of halogens is 1. The lowest BCUT2D eigenvalue weighted by atomic mass is 10.2. The number of ether oxygens (including phenoxy) is 2. The topological polar surface area (TPSA) is 90.3 Å². The molecule has 0 atom stereocenters. The first-order valence-corrected chi connectivity index (χ1v) is 11.6. The zero-order valence-electron chi connectivity index (χ0n) is 18.2. The summed E-state index contributed by atoms with van der Waals surface area (Å²) in [5.41, 5.74) is 1.51. The molecule has 1 heterocycles. The van der Waals surface area contributed by atoms with Gasteiger partial charge in [-0.1, -0.05) is 23.4 Å². The molecule has 0 saturated carbocycles. The maximum absolute atomic E-state index is 12.6. The van der Waals surface area contributed by atoms with Gasteiger partial charge in [-0.2, -0.15) is 0 Å². The van der Waals surface area contributed by atoms with Crippen molar-refractivity contribution in [1.29, 1.82) is 0 Å². The van der Waals surface area contributed by atoms with Crippen LogP contribution in [0.3, 0.4) is 0 Å². The molecule has 3 aromatic rings. The molecule has 1 amide bonds. The van der Waals surface area contributed by atoms with Gasteiger partial charge in [0.05, 0.1) is 31.2 Å². The Balaban J connectivity index is 1.57. The summed E-state index contributed by atoms with van der Waals surface area (Å²) in [5, 5.41) is 15.9. The predicted octanol–water partition coefficient (Wildman–Crippen LogP) is 4.61. The van der Waals surface area contributed by atoms with Crippen LogP contribution in [0.25, 0.3) is 0 Å². The number of benzene rings is 2. The zero-order chi connectivity index (χ0) is 22.9. The number of thioether (sulfide) groups is 1. The van der Waals surface area contributed by atoms with Crippen LogP contribution in [0.15, 0.2) is 47.6 Å². The summed E-state index contributed by atoms with van der Waals surface area (Å²) < 4.78 is 13.0. The third-order valence-electron chi connectivity index (χ3n) is 4.39. The van der Waals surface area contributed by atoms with Gasteiger partial charge >= 0.3 is 0 Å². The van der Waals surface area contributed by atoms with Gasteiger partial charge in [0.25, 0.3) is 0 Å². The minimum atomic E-state index is -0.173. The molecule has 0 aliphatic heterocycles. The summed E-state index contributed by atoms with van der Waals surface area (Å²) in [6.07, 6.45) is 0. The molecule has 0 aliphatic carbocycles. The van der Waals surface area contributed by atoms with Crippen molar-refractivity contribution in [1.82, 2.24) is 14.8 Å². The van der Waals surface area contributed by atoms with E-state index in [1.165, 1.54) is 11.8 Å². The van der Waals surface area contributed by atoms with E-state index in [-0.39, 0.29) is 11.7 Å². The Morgan fingerprint density at radius 2 is 1.84 bits per heavy atom. The van der Waals surface area contributed by atoms with Crippen LogP contribution in [0.2, 0.25) is 5.02 Å². The summed E-state index contributed by atoms with van der Waals surface area (Å²) in [6, 6.07) is 12.8. The van der Waals surface area contributed by atoms with Gasteiger partial charge in [0, 0.05) is 23.8 Å². The molecule has 170 valence electrons. The summed E-state index contributed by atoms with van der Waals surface area (Å²) in [6.45, 7) is 5.34. The molecule has 0 fully saturated rings. The first-order valence-electron chi connectivity index (χ1n) is 10.2. The molecule has 8 nitrogen and oxygen atoms in total. The average molecular weight is 476 g/mol. The van der Waals surface area contributed by atoms with Crippen molar-refractivity contribution in [3.8, 4) is 11.5 Å². The number of nitrogens with one attached hydrogen (secondary N) is 2. The Morgan fingerprint density at radius 3 is 2.56 bits per heavy atom. The second kappa shape index (κ2) is 11.6. The van der Waals surface area contributed by atoms with Crippen LogP contribution in [-0.4, -0.2) is 39.6 Å². The highest BCUT2D eigenvalue weighted by Gasteiger charge is 2.14. The highest BCUT2D eigenvalue weighted by atomic mass is 35.5. The number of anilines is 2. The number of carbonyl (C=O) groups is 1. The molecule has 0 spiro atoms. The highest BCUT2D eigenvalue weighted by molar-refractivity contribution is 7.99. The van der Waals surface area contributed by atoms with Crippen LogP contribution in [-0.2, 0) is 18.4 Å². The van der Waals surface area contributed by atoms with Crippen molar-refractivity contribution < 1.29 is 14.3 Å². The molecule has 0 radical (unpaired) electrons. The van der Waals surface area contributed by atoms with E-state index in [2.05, 4.69) is 20.8 Å². The van der Waals surface area contributed by atoms with Crippen LogP contribution in [0.5, 0.6) is 11.5 Å². The number of hydrogen-bond donors (Lipinski definition) is 2. The van der Waals surface area contributed by atoms with E-state index < -0.39 is 0 Å². The number of carbonyl (C=O) groups excluding carboxylic acids is 1. The van der Waals surface area contributed by atoms with Gasteiger partial charge in [-0.05, 0) is 50.2 Å². The fraction of sp³-hybridized carbons (Fsp3) is 0.318. The maximum atomic E-state index is 12.6. The van der Waals surface area contributed by atoms with Gasteiger partial charge in [-0.15, -0.1) is 10.2 Å². The van der Waals surface area contributed by atoms with Gasteiger partial charge < -0.3 is 24.7 Å². The van der Waals surface area contributed by atoms with E-state index in [9.17, 15) is 4.79 Å². The van der Waals surface area contributed by atoms with E-state index >= 15 is 0 Å². The van der Waals surface area contributed by atoms with Gasteiger partial charge in [0.2, 0.25) is 5.91 Å². The van der Waals surface area contributed by atoms with E-state index in [1.807, 2.05) is 55.8 Å². The molecular formula is C22H26ClN5O3S. The van der Waals surface area contributed by atoms with Gasteiger partial charge in [-0.3, -0.25) is 4.79 Å². The molecule has 10 heteroatoms. The quantitative estimate of drug-likeness (QED) is 0.391. The lowest BCUT2D eigenvalue weighted by Crippen LogP contribution is -2.15. The molecule has 0 bridgehead atoms. The monoisotopic (exact) mass is 475 g/mol. The van der Waals surface area contributed by atoms with Crippen LogP contribution in [0.1, 0.15) is 19.7 Å². The first-order chi connectivity index (χ1) is 15.5. The SMILES string of the molecule is CCOc1ccc(OCC)c(NC(=O)CSc2nnc(CNc3ccc(Cl)cc3)n2C)c1. The summed E-state index contributed by atoms with van der Waals surface area (Å²) in [5.74, 6) is 2.04. The normalized spacial score (nSPS) is 10.6. The molecule has 2 N–H and O–H groups in total. The second-order valence-electron chi connectivity index (χ2n) is 6.68. The zero-order valence-corrected chi connectivity index (χ0v) is 19.8. The molecule has 1 aromatic heterocycles. The fourth-order valence-corrected chi connectivity index (χ4v) is 3.69. The number of amides is 1. The molecule has 0 unspecified atom stereocenters. The Labute approximate surface area is 196 Å². The minimum Gasteiger partial charge on any atom is -0.494 e. The molecule has 2 aromatic carbocycles. The fourth-order valence-electron chi connectivity index (χ4n) is 2.83. The average Bonchev–Trinajstić information content (AvgIpc) is 3.13. The molecule has 3 rings (SSSR count). The Hall–Kier alpha value is -2.91. The van der Waals surface area contributed by atoms with E-state index in [0.29, 0.717) is 47.1 Å². The van der Waals surface area contributed by atoms with Gasteiger partial charge in [-0.25, -0.2) is 0 Å². The highest BCUT2D eigenvalue weighted by Crippen LogP contribution is 2.30. The summed E-state index contributed by atoms with van der Waals surface area (Å²) >= 11 is 7.22. The molecule has 0 saturated heterocycles. The number of nitrogens with zero attached hydrogens (tertiary/aromatic N) is 3. The van der Waals surface area contributed by atoms with Crippen LogP contribution >= 0.6 is 23.4 Å². The second-order valence-corrected chi connectivity index (χ2v) is 8.06. The lowest BCUT2D eigenvalue weighted by Gasteiger charge is -2.13. The Kier molecular flexibility index (Phi) is 8.64. The smallest absolute Gasteiger partial charge is 0.234 e. The lowest BCUT2D eigenvalue weighted by molar-refractivity contribution is -0.113. The standard InChI is InChI=1S/C22H26ClN5O3S/c1-4-30-17-10-11-19(31-5-2)18(12-17)25-21(29)14-32-22-27-26-20(28(22)3)13-24-16-8-6-15(23)7-9-16/h6-12,24H,4-5,13-14H2,1-3H3,(H,25,29). The van der Waals surface area contributed by atoms with Crippen molar-refractivity contribution in [3.63, 3.8) is 0 Å². The van der Waals surface area contributed by atoms with Crippen molar-refractivity contribution in [3.05, 3.63) is 53.3 Å². The number of rotatable bonds is 11. The third kappa shape index (κ3) is 6.54. The van der Waals surface area contributed by atoms with Crippen molar-refractivity contribution in [2.75, 3.05) is 29.6 Å². The largest absolute Gasteiger partial charge is 0.494 e. The van der Waals surface area contributed by atoms with Gasteiger partial charge in [0.1, 0.15) is 11.5 Å². The number of aromatic nitrogens is 3. The molecular weight excluding hydrogens is 450 g/mol.